The fourth-order valence-corrected chi connectivity index (χ4v) is 4.62. The summed E-state index contributed by atoms with van der Waals surface area (Å²) in [4.78, 5) is 12.3. The molecule has 6 nitrogen and oxygen atoms in total. The minimum absolute atomic E-state index is 0.0269. The molecule has 0 spiro atoms. The Morgan fingerprint density at radius 1 is 1.00 bits per heavy atom. The third kappa shape index (κ3) is 3.72. The molecule has 2 heterocycles. The Balaban J connectivity index is 1.46. The maximum Gasteiger partial charge on any atom is 0.338 e. The van der Waals surface area contributed by atoms with Gasteiger partial charge in [0, 0.05) is 13.1 Å². The van der Waals surface area contributed by atoms with E-state index in [9.17, 15) is 13.2 Å². The summed E-state index contributed by atoms with van der Waals surface area (Å²) in [6.45, 7) is 0.816. The van der Waals surface area contributed by atoms with E-state index < -0.39 is 16.0 Å². The molecule has 0 fully saturated rings. The number of ether oxygens (including phenoxy) is 1. The van der Waals surface area contributed by atoms with Gasteiger partial charge in [0.05, 0.1) is 16.7 Å². The Morgan fingerprint density at radius 3 is 2.46 bits per heavy atom. The average Bonchev–Trinajstić information content (AvgIpc) is 3.25. The smallest absolute Gasteiger partial charge is 0.338 e. The monoisotopic (exact) mass is 397 g/mol. The van der Waals surface area contributed by atoms with Gasteiger partial charge in [0.2, 0.25) is 10.0 Å². The van der Waals surface area contributed by atoms with E-state index in [4.69, 9.17) is 9.15 Å². The van der Waals surface area contributed by atoms with Gasteiger partial charge in [-0.15, -0.1) is 0 Å². The zero-order valence-electron chi connectivity index (χ0n) is 15.1. The molecule has 0 aliphatic carbocycles. The van der Waals surface area contributed by atoms with Gasteiger partial charge in [-0.25, -0.2) is 13.2 Å². The largest absolute Gasteiger partial charge is 0.466 e. The second-order valence-corrected chi connectivity index (χ2v) is 8.48. The van der Waals surface area contributed by atoms with Crippen LogP contribution in [-0.2, 0) is 34.3 Å². The predicted octanol–water partition coefficient (Wildman–Crippen LogP) is 3.38. The zero-order chi connectivity index (χ0) is 19.6. The summed E-state index contributed by atoms with van der Waals surface area (Å²) in [6, 6.07) is 17.1. The van der Waals surface area contributed by atoms with E-state index in [0.29, 0.717) is 25.3 Å². The zero-order valence-corrected chi connectivity index (χ0v) is 15.9. The van der Waals surface area contributed by atoms with E-state index in [1.54, 1.807) is 12.1 Å². The van der Waals surface area contributed by atoms with Gasteiger partial charge in [-0.3, -0.25) is 0 Å². The first kappa shape index (κ1) is 18.5. The fourth-order valence-electron chi connectivity index (χ4n) is 3.20. The van der Waals surface area contributed by atoms with Crippen molar-refractivity contribution in [2.75, 3.05) is 6.54 Å². The second-order valence-electron chi connectivity index (χ2n) is 6.54. The molecule has 3 aromatic rings. The Morgan fingerprint density at radius 2 is 1.75 bits per heavy atom. The summed E-state index contributed by atoms with van der Waals surface area (Å²) in [5.41, 5.74) is 2.49. The number of sulfonamides is 1. The molecule has 7 heteroatoms. The van der Waals surface area contributed by atoms with Crippen molar-refractivity contribution in [2.45, 2.75) is 24.5 Å². The van der Waals surface area contributed by atoms with Gasteiger partial charge in [0.15, 0.2) is 0 Å². The van der Waals surface area contributed by atoms with Crippen LogP contribution < -0.4 is 0 Å². The summed E-state index contributed by atoms with van der Waals surface area (Å²) in [5.74, 6) is 0.00479. The quantitative estimate of drug-likeness (QED) is 0.617. The summed E-state index contributed by atoms with van der Waals surface area (Å²) in [7, 11) is -3.63. The predicted molar refractivity (Wildman–Crippen MR) is 102 cm³/mol. The van der Waals surface area contributed by atoms with Crippen molar-refractivity contribution in [2.24, 2.45) is 0 Å². The maximum atomic E-state index is 13.0. The number of hydrogen-bond acceptors (Lipinski definition) is 5. The van der Waals surface area contributed by atoms with Gasteiger partial charge in [0.1, 0.15) is 12.4 Å². The third-order valence-electron chi connectivity index (χ3n) is 4.75. The number of furan rings is 1. The van der Waals surface area contributed by atoms with Crippen LogP contribution in [-0.4, -0.2) is 25.2 Å². The minimum atomic E-state index is -3.63. The first-order valence-corrected chi connectivity index (χ1v) is 10.3. The van der Waals surface area contributed by atoms with Crippen LogP contribution in [0.1, 0.15) is 27.2 Å². The Labute approximate surface area is 163 Å². The number of carbonyl (C=O) groups excluding carboxylic acids is 1. The van der Waals surface area contributed by atoms with E-state index in [-0.39, 0.29) is 17.1 Å². The topological polar surface area (TPSA) is 76.8 Å². The van der Waals surface area contributed by atoms with Crippen LogP contribution in [0.2, 0.25) is 0 Å². The van der Waals surface area contributed by atoms with Gasteiger partial charge in [-0.2, -0.15) is 4.31 Å². The third-order valence-corrected chi connectivity index (χ3v) is 6.61. The molecule has 0 radical (unpaired) electrons. The van der Waals surface area contributed by atoms with Crippen molar-refractivity contribution in [3.8, 4) is 0 Å². The molecule has 0 saturated carbocycles. The number of carbonyl (C=O) groups is 1. The van der Waals surface area contributed by atoms with Crippen molar-refractivity contribution >= 4 is 16.0 Å². The molecule has 1 aliphatic rings. The van der Waals surface area contributed by atoms with Crippen molar-refractivity contribution < 1.29 is 22.4 Å². The van der Waals surface area contributed by atoms with E-state index in [0.717, 1.165) is 5.56 Å². The maximum absolute atomic E-state index is 13.0. The Hall–Kier alpha value is -2.90. The first-order chi connectivity index (χ1) is 13.5. The van der Waals surface area contributed by atoms with Crippen LogP contribution in [0.3, 0.4) is 0 Å². The van der Waals surface area contributed by atoms with Crippen LogP contribution >= 0.6 is 0 Å². The number of fused-ring (bicyclic) bond motifs is 1. The molecule has 2 aromatic carbocycles. The highest BCUT2D eigenvalue weighted by atomic mass is 32.2. The second kappa shape index (κ2) is 7.61. The number of esters is 1. The molecule has 0 bridgehead atoms. The Bertz CT molecular complexity index is 1070. The van der Waals surface area contributed by atoms with E-state index in [2.05, 4.69) is 0 Å². The number of hydrogen-bond donors (Lipinski definition) is 0. The first-order valence-electron chi connectivity index (χ1n) is 8.90. The van der Waals surface area contributed by atoms with Crippen molar-refractivity contribution in [1.82, 2.24) is 4.31 Å². The van der Waals surface area contributed by atoms with Gasteiger partial charge in [-0.05, 0) is 53.9 Å². The summed E-state index contributed by atoms with van der Waals surface area (Å²) >= 11 is 0. The van der Waals surface area contributed by atoms with Crippen molar-refractivity contribution in [3.05, 3.63) is 89.4 Å². The minimum Gasteiger partial charge on any atom is -0.466 e. The lowest BCUT2D eigenvalue weighted by Gasteiger charge is -2.28. The lowest BCUT2D eigenvalue weighted by atomic mass is 10.0. The lowest BCUT2D eigenvalue weighted by molar-refractivity contribution is 0.0445. The molecule has 0 atom stereocenters. The highest BCUT2D eigenvalue weighted by Crippen LogP contribution is 2.25. The molecule has 0 unspecified atom stereocenters. The number of benzene rings is 2. The van der Waals surface area contributed by atoms with E-state index in [1.807, 2.05) is 24.3 Å². The standard InChI is InChI=1S/C21H19NO5S/c23-21(27-15-19-6-3-13-26-19)17-7-9-20(10-8-17)28(24,25)22-12-11-16-4-1-2-5-18(16)14-22/h1-10,13H,11-12,14-15H2. The van der Waals surface area contributed by atoms with Crippen LogP contribution in [0, 0.1) is 0 Å². The molecule has 28 heavy (non-hydrogen) atoms. The molecule has 4 rings (SSSR count). The van der Waals surface area contributed by atoms with Gasteiger partial charge < -0.3 is 9.15 Å². The summed E-state index contributed by atoms with van der Waals surface area (Å²) < 4.78 is 37.7. The summed E-state index contributed by atoms with van der Waals surface area (Å²) in [6.07, 6.45) is 2.19. The molecule has 0 N–H and O–H groups in total. The number of rotatable bonds is 5. The van der Waals surface area contributed by atoms with Crippen molar-refractivity contribution in [3.63, 3.8) is 0 Å². The van der Waals surface area contributed by atoms with Gasteiger partial charge in [0.25, 0.3) is 0 Å². The Kier molecular flexibility index (Phi) is 5.02. The highest BCUT2D eigenvalue weighted by Gasteiger charge is 2.28. The summed E-state index contributed by atoms with van der Waals surface area (Å²) in [5, 5.41) is 0. The van der Waals surface area contributed by atoms with E-state index >= 15 is 0 Å². The van der Waals surface area contributed by atoms with Crippen LogP contribution in [0.5, 0.6) is 0 Å². The molecule has 144 valence electrons. The van der Waals surface area contributed by atoms with Gasteiger partial charge >= 0.3 is 5.97 Å². The molecular weight excluding hydrogens is 378 g/mol. The average molecular weight is 397 g/mol. The van der Waals surface area contributed by atoms with Crippen molar-refractivity contribution in [1.29, 1.82) is 0 Å². The molecule has 0 saturated heterocycles. The van der Waals surface area contributed by atoms with Gasteiger partial charge in [-0.1, -0.05) is 24.3 Å². The highest BCUT2D eigenvalue weighted by molar-refractivity contribution is 7.89. The molecule has 1 aromatic heterocycles. The number of nitrogens with zero attached hydrogens (tertiary/aromatic N) is 1. The van der Waals surface area contributed by atoms with E-state index in [1.165, 1.54) is 40.4 Å². The lowest BCUT2D eigenvalue weighted by Crippen LogP contribution is -2.35. The van der Waals surface area contributed by atoms with Crippen LogP contribution in [0.25, 0.3) is 0 Å². The molecule has 0 amide bonds. The normalized spacial score (nSPS) is 14.4. The van der Waals surface area contributed by atoms with Crippen LogP contribution in [0.15, 0.2) is 76.2 Å². The van der Waals surface area contributed by atoms with Crippen LogP contribution in [0.4, 0.5) is 0 Å². The SMILES string of the molecule is O=C(OCc1ccco1)c1ccc(S(=O)(=O)N2CCc3ccccc3C2)cc1. The molecule has 1 aliphatic heterocycles. The molecular formula is C21H19NO5S. The fraction of sp³-hybridized carbons (Fsp3) is 0.190.